The number of hydrogen-bond acceptors (Lipinski definition) is 5. The van der Waals surface area contributed by atoms with Crippen molar-refractivity contribution in [1.82, 2.24) is 4.90 Å². The van der Waals surface area contributed by atoms with Crippen molar-refractivity contribution < 1.29 is 27.9 Å². The number of ether oxygens (including phenoxy) is 1. The number of amides is 1. The third kappa shape index (κ3) is 3.93. The lowest BCUT2D eigenvalue weighted by Gasteiger charge is -2.32. The first-order valence-electron chi connectivity index (χ1n) is 8.10. The maximum absolute atomic E-state index is 12.7. The molecule has 8 nitrogen and oxygen atoms in total. The molecule has 1 atom stereocenters. The van der Waals surface area contributed by atoms with Crippen LogP contribution in [0.25, 0.3) is 0 Å². The van der Waals surface area contributed by atoms with Crippen molar-refractivity contribution in [2.24, 2.45) is 0 Å². The minimum absolute atomic E-state index is 0.117. The Morgan fingerprint density at radius 1 is 1.28 bits per heavy atom. The molecule has 0 radical (unpaired) electrons. The van der Waals surface area contributed by atoms with Gasteiger partial charge in [-0.15, -0.1) is 0 Å². The molecule has 2 aliphatic heterocycles. The van der Waals surface area contributed by atoms with Crippen molar-refractivity contribution in [3.63, 3.8) is 0 Å². The van der Waals surface area contributed by atoms with E-state index in [0.29, 0.717) is 30.8 Å². The lowest BCUT2D eigenvalue weighted by atomic mass is 10.1. The number of nitrogens with zero attached hydrogens (tertiary/aromatic N) is 2. The fourth-order valence-corrected chi connectivity index (χ4v) is 4.68. The van der Waals surface area contributed by atoms with Gasteiger partial charge in [0.25, 0.3) is 5.91 Å². The van der Waals surface area contributed by atoms with Gasteiger partial charge in [0, 0.05) is 25.2 Å². The predicted molar refractivity (Wildman–Crippen MR) is 90.1 cm³/mol. The van der Waals surface area contributed by atoms with Crippen LogP contribution in [0.4, 0.5) is 5.69 Å². The van der Waals surface area contributed by atoms with Crippen LogP contribution in [0.1, 0.15) is 23.2 Å². The summed E-state index contributed by atoms with van der Waals surface area (Å²) in [5.74, 6) is -1.11. The van der Waals surface area contributed by atoms with Crippen LogP contribution in [-0.4, -0.2) is 68.4 Å². The number of sulfonamides is 1. The molecule has 1 N–H and O–H groups in total. The maximum Gasteiger partial charge on any atom is 0.306 e. The Bertz CT molecular complexity index is 779. The molecule has 3 rings (SSSR count). The van der Waals surface area contributed by atoms with Crippen LogP contribution in [0.15, 0.2) is 24.3 Å². The summed E-state index contributed by atoms with van der Waals surface area (Å²) in [4.78, 5) is 25.1. The number of morpholine rings is 1. The van der Waals surface area contributed by atoms with E-state index < -0.39 is 22.1 Å². The third-order valence-corrected chi connectivity index (χ3v) is 6.18. The zero-order valence-electron chi connectivity index (χ0n) is 13.6. The van der Waals surface area contributed by atoms with E-state index in [1.54, 1.807) is 29.2 Å². The Labute approximate surface area is 146 Å². The first-order chi connectivity index (χ1) is 11.9. The van der Waals surface area contributed by atoms with Crippen molar-refractivity contribution in [1.29, 1.82) is 0 Å². The van der Waals surface area contributed by atoms with E-state index in [0.717, 1.165) is 0 Å². The molecule has 136 valence electrons. The molecule has 9 heteroatoms. The minimum atomic E-state index is -3.31. The predicted octanol–water partition coefficient (Wildman–Crippen LogP) is 0.542. The van der Waals surface area contributed by atoms with E-state index in [2.05, 4.69) is 0 Å². The summed E-state index contributed by atoms with van der Waals surface area (Å²) in [6.45, 7) is 1.28. The fraction of sp³-hybridized carbons (Fsp3) is 0.500. The number of aliphatic carboxylic acids is 1. The number of carbonyl (C=O) groups is 2. The first-order valence-corrected chi connectivity index (χ1v) is 9.71. The summed E-state index contributed by atoms with van der Waals surface area (Å²) >= 11 is 0. The van der Waals surface area contributed by atoms with Gasteiger partial charge in [-0.1, -0.05) is 6.07 Å². The van der Waals surface area contributed by atoms with Crippen LogP contribution < -0.4 is 4.31 Å². The number of anilines is 1. The highest BCUT2D eigenvalue weighted by Crippen LogP contribution is 2.25. The van der Waals surface area contributed by atoms with E-state index in [1.165, 1.54) is 4.31 Å². The van der Waals surface area contributed by atoms with Gasteiger partial charge < -0.3 is 14.7 Å². The van der Waals surface area contributed by atoms with Gasteiger partial charge >= 0.3 is 5.97 Å². The summed E-state index contributed by atoms with van der Waals surface area (Å²) in [6.07, 6.45) is -0.117. The molecule has 25 heavy (non-hydrogen) atoms. The Hall–Kier alpha value is -2.13. The van der Waals surface area contributed by atoms with Crippen molar-refractivity contribution in [3.05, 3.63) is 29.8 Å². The van der Waals surface area contributed by atoms with Crippen molar-refractivity contribution >= 4 is 27.6 Å². The molecule has 2 saturated heterocycles. The van der Waals surface area contributed by atoms with Crippen molar-refractivity contribution in [2.45, 2.75) is 18.9 Å². The highest BCUT2D eigenvalue weighted by Gasteiger charge is 2.30. The van der Waals surface area contributed by atoms with Crippen molar-refractivity contribution in [3.8, 4) is 0 Å². The van der Waals surface area contributed by atoms with Gasteiger partial charge in [0.1, 0.15) is 0 Å². The van der Waals surface area contributed by atoms with E-state index in [-0.39, 0.29) is 31.2 Å². The zero-order chi connectivity index (χ0) is 18.0. The second kappa shape index (κ2) is 7.01. The summed E-state index contributed by atoms with van der Waals surface area (Å²) in [6, 6.07) is 6.54. The maximum atomic E-state index is 12.7. The van der Waals surface area contributed by atoms with Gasteiger partial charge in [0.15, 0.2) is 0 Å². The molecule has 1 amide bonds. The average Bonchev–Trinajstić information content (AvgIpc) is 2.93. The van der Waals surface area contributed by atoms with E-state index >= 15 is 0 Å². The largest absolute Gasteiger partial charge is 0.481 e. The number of rotatable bonds is 4. The van der Waals surface area contributed by atoms with Crippen LogP contribution in [-0.2, 0) is 19.6 Å². The number of hydrogen-bond donors (Lipinski definition) is 1. The molecule has 0 aromatic heterocycles. The molecular formula is C16H20N2O6S. The van der Waals surface area contributed by atoms with Gasteiger partial charge in [0.05, 0.1) is 30.6 Å². The number of benzene rings is 1. The summed E-state index contributed by atoms with van der Waals surface area (Å²) < 4.78 is 30.8. The molecule has 1 aromatic carbocycles. The molecule has 2 aliphatic rings. The lowest BCUT2D eigenvalue weighted by molar-refractivity contribution is -0.141. The van der Waals surface area contributed by atoms with Crippen LogP contribution >= 0.6 is 0 Å². The van der Waals surface area contributed by atoms with E-state index in [9.17, 15) is 18.0 Å². The van der Waals surface area contributed by atoms with Crippen LogP contribution in [0.3, 0.4) is 0 Å². The first kappa shape index (κ1) is 17.7. The van der Waals surface area contributed by atoms with Gasteiger partial charge in [-0.25, -0.2) is 8.42 Å². The lowest BCUT2D eigenvalue weighted by Crippen LogP contribution is -2.46. The molecule has 2 heterocycles. The van der Waals surface area contributed by atoms with Gasteiger partial charge in [-0.2, -0.15) is 0 Å². The zero-order valence-corrected chi connectivity index (χ0v) is 14.4. The summed E-state index contributed by atoms with van der Waals surface area (Å²) in [5, 5.41) is 8.87. The number of carboxylic acid groups (broad SMARTS) is 1. The SMILES string of the molecule is O=C(O)C[C@H]1CN(C(=O)c2cccc(N3CCCS3(=O)=O)c2)CCO1. The van der Waals surface area contributed by atoms with Crippen LogP contribution in [0.2, 0.25) is 0 Å². The molecule has 0 spiro atoms. The highest BCUT2D eigenvalue weighted by atomic mass is 32.2. The smallest absolute Gasteiger partial charge is 0.306 e. The van der Waals surface area contributed by atoms with Crippen LogP contribution in [0.5, 0.6) is 0 Å². The Morgan fingerprint density at radius 2 is 2.08 bits per heavy atom. The molecular weight excluding hydrogens is 348 g/mol. The van der Waals surface area contributed by atoms with E-state index in [1.807, 2.05) is 0 Å². The van der Waals surface area contributed by atoms with Gasteiger partial charge in [-0.3, -0.25) is 13.9 Å². The standard InChI is InChI=1S/C16H20N2O6S/c19-15(20)10-14-11-17(6-7-24-14)16(21)12-3-1-4-13(9-12)18-5-2-8-25(18,22)23/h1,3-4,9,14H,2,5-8,10-11H2,(H,19,20)/t14-/m0/s1. The van der Waals surface area contributed by atoms with Gasteiger partial charge in [0.2, 0.25) is 10.0 Å². The van der Waals surface area contributed by atoms with E-state index in [4.69, 9.17) is 9.84 Å². The second-order valence-electron chi connectivity index (χ2n) is 6.13. The normalized spacial score (nSPS) is 22.8. The summed E-state index contributed by atoms with van der Waals surface area (Å²) in [7, 11) is -3.31. The van der Waals surface area contributed by atoms with Gasteiger partial charge in [-0.05, 0) is 24.6 Å². The summed E-state index contributed by atoms with van der Waals surface area (Å²) in [5.41, 5.74) is 0.870. The Morgan fingerprint density at radius 3 is 2.76 bits per heavy atom. The molecule has 0 bridgehead atoms. The number of carboxylic acids is 1. The van der Waals surface area contributed by atoms with Crippen LogP contribution in [0, 0.1) is 0 Å². The highest BCUT2D eigenvalue weighted by molar-refractivity contribution is 7.93. The molecule has 0 saturated carbocycles. The van der Waals surface area contributed by atoms with Crippen molar-refractivity contribution in [2.75, 3.05) is 36.3 Å². The molecule has 0 unspecified atom stereocenters. The Kier molecular flexibility index (Phi) is 4.96. The molecule has 2 fully saturated rings. The second-order valence-corrected chi connectivity index (χ2v) is 8.15. The topological polar surface area (TPSA) is 104 Å². The minimum Gasteiger partial charge on any atom is -0.481 e. The third-order valence-electron chi connectivity index (χ3n) is 4.31. The Balaban J connectivity index is 1.76. The monoisotopic (exact) mass is 368 g/mol. The molecule has 0 aliphatic carbocycles. The fourth-order valence-electron chi connectivity index (χ4n) is 3.13. The molecule has 1 aromatic rings. The number of carbonyl (C=O) groups excluding carboxylic acids is 1. The average molecular weight is 368 g/mol. The quantitative estimate of drug-likeness (QED) is 0.832.